The maximum absolute atomic E-state index is 13.2. The van der Waals surface area contributed by atoms with Crippen LogP contribution in [0, 0.1) is 10.7 Å². The Morgan fingerprint density at radius 3 is 2.62 bits per heavy atom. The zero-order valence-corrected chi connectivity index (χ0v) is 7.51. The molecule has 5 heteroatoms. The highest BCUT2D eigenvalue weighted by Crippen LogP contribution is 2.20. The summed E-state index contributed by atoms with van der Waals surface area (Å²) in [5.41, 5.74) is -0.492. The van der Waals surface area contributed by atoms with Gasteiger partial charge in [0.25, 0.3) is 10.9 Å². The minimum atomic E-state index is -0.916. The number of hydrogen-bond acceptors (Lipinski definition) is 2. The van der Waals surface area contributed by atoms with Gasteiger partial charge in [-0.2, -0.15) is 4.39 Å². The van der Waals surface area contributed by atoms with Crippen molar-refractivity contribution in [3.05, 3.63) is 34.5 Å². The Morgan fingerprint density at radius 1 is 1.54 bits per heavy atom. The molecule has 3 nitrogen and oxygen atoms in total. The third kappa shape index (κ3) is 1.89. The molecule has 0 N–H and O–H groups in total. The number of hydrogen-bond donors (Lipinski definition) is 0. The van der Waals surface area contributed by atoms with Crippen LogP contribution < -0.4 is 0 Å². The van der Waals surface area contributed by atoms with Gasteiger partial charge >= 0.3 is 0 Å². The van der Waals surface area contributed by atoms with Crippen molar-refractivity contribution < 1.29 is 13.9 Å². The van der Waals surface area contributed by atoms with Crippen molar-refractivity contribution in [2.75, 3.05) is 7.05 Å². The largest absolute Gasteiger partial charge is 0.291 e. The van der Waals surface area contributed by atoms with Gasteiger partial charge in [-0.05, 0) is 17.7 Å². The molecule has 0 radical (unpaired) electrons. The summed E-state index contributed by atoms with van der Waals surface area (Å²) >= 11 is 5.09. The summed E-state index contributed by atoms with van der Waals surface area (Å²) in [7, 11) is 1.14. The van der Waals surface area contributed by atoms with Crippen LogP contribution in [0.1, 0.15) is 10.4 Å². The molecule has 0 spiro atoms. The van der Waals surface area contributed by atoms with Crippen molar-refractivity contribution in [1.29, 1.82) is 0 Å². The number of carbonyl (C=O) groups excluding carboxylic acids is 1. The van der Waals surface area contributed by atoms with Gasteiger partial charge in [-0.3, -0.25) is 4.79 Å². The molecule has 68 valence electrons. The molecule has 13 heavy (non-hydrogen) atoms. The van der Waals surface area contributed by atoms with Crippen LogP contribution >= 0.6 is 11.6 Å². The van der Waals surface area contributed by atoms with Crippen molar-refractivity contribution in [2.45, 2.75) is 0 Å². The lowest BCUT2D eigenvalue weighted by molar-refractivity contribution is -0.430. The Kier molecular flexibility index (Phi) is 2.72. The van der Waals surface area contributed by atoms with Crippen LogP contribution in [0.2, 0.25) is 0 Å². The lowest BCUT2D eigenvalue weighted by Gasteiger charge is -1.95. The summed E-state index contributed by atoms with van der Waals surface area (Å²) in [5, 5.41) is -0.916. The second-order valence-corrected chi connectivity index (χ2v) is 2.75. The van der Waals surface area contributed by atoms with Gasteiger partial charge in [0.15, 0.2) is 7.05 Å². The van der Waals surface area contributed by atoms with E-state index in [1.807, 2.05) is 0 Å². The van der Waals surface area contributed by atoms with Crippen molar-refractivity contribution in [3.8, 4) is 0 Å². The van der Waals surface area contributed by atoms with E-state index in [1.165, 1.54) is 18.2 Å². The van der Waals surface area contributed by atoms with Gasteiger partial charge in [0.05, 0.1) is 5.56 Å². The predicted molar refractivity (Wildman–Crippen MR) is 45.8 cm³/mol. The number of carbonyl (C=O) groups is 1. The topological polar surface area (TPSA) is 37.1 Å². The van der Waals surface area contributed by atoms with E-state index >= 15 is 0 Å². The minimum Gasteiger partial charge on any atom is -0.275 e. The SMILES string of the molecule is C[N+](=O)c1cccc(C(=O)Cl)c1F. The molecule has 0 bridgehead atoms. The summed E-state index contributed by atoms with van der Waals surface area (Å²) < 4.78 is 13.6. The van der Waals surface area contributed by atoms with Crippen LogP contribution in [-0.2, 0) is 0 Å². The fourth-order valence-corrected chi connectivity index (χ4v) is 1.06. The first kappa shape index (κ1) is 9.80. The molecule has 0 atom stereocenters. The Morgan fingerprint density at radius 2 is 2.15 bits per heavy atom. The molecule has 0 aliphatic heterocycles. The second kappa shape index (κ2) is 3.62. The molecule has 0 saturated heterocycles. The highest BCUT2D eigenvalue weighted by molar-refractivity contribution is 6.67. The highest BCUT2D eigenvalue weighted by Gasteiger charge is 2.20. The van der Waals surface area contributed by atoms with E-state index in [1.54, 1.807) is 0 Å². The molecule has 0 aromatic heterocycles. The Labute approximate surface area is 78.7 Å². The molecular weight excluding hydrogens is 197 g/mol. The minimum absolute atomic E-state index is 0.202. The average molecular weight is 203 g/mol. The zero-order valence-electron chi connectivity index (χ0n) is 6.75. The Hall–Kier alpha value is -1.29. The fraction of sp³-hybridized carbons (Fsp3) is 0.125. The number of nitroso groups, excluding NO2 is 1. The summed E-state index contributed by atoms with van der Waals surface area (Å²) in [6, 6.07) is 3.88. The number of rotatable bonds is 2. The molecule has 0 unspecified atom stereocenters. The molecular formula is C8H6ClFNO2+. The van der Waals surface area contributed by atoms with Crippen LogP contribution in [0.5, 0.6) is 0 Å². The van der Waals surface area contributed by atoms with Crippen LogP contribution in [0.25, 0.3) is 0 Å². The smallest absolute Gasteiger partial charge is 0.275 e. The van der Waals surface area contributed by atoms with Gasteiger partial charge in [-0.25, -0.2) is 0 Å². The first-order valence-corrected chi connectivity index (χ1v) is 3.81. The second-order valence-electron chi connectivity index (χ2n) is 2.41. The molecule has 0 aliphatic carbocycles. The monoisotopic (exact) mass is 202 g/mol. The van der Waals surface area contributed by atoms with Crippen LogP contribution in [0.3, 0.4) is 0 Å². The third-order valence-electron chi connectivity index (χ3n) is 1.53. The van der Waals surface area contributed by atoms with Crippen LogP contribution in [-0.4, -0.2) is 17.1 Å². The molecule has 0 heterocycles. The summed E-state index contributed by atoms with van der Waals surface area (Å²) in [5.74, 6) is -0.889. The lowest BCUT2D eigenvalue weighted by atomic mass is 10.2. The molecule has 1 aromatic carbocycles. The maximum Gasteiger partial charge on any atom is 0.291 e. The Balaban J connectivity index is 3.35. The quantitative estimate of drug-likeness (QED) is 0.545. The lowest BCUT2D eigenvalue weighted by Crippen LogP contribution is -2.00. The molecule has 0 amide bonds. The van der Waals surface area contributed by atoms with Gasteiger partial charge in [-0.1, -0.05) is 6.07 Å². The van der Waals surface area contributed by atoms with Crippen LogP contribution in [0.4, 0.5) is 10.1 Å². The summed E-state index contributed by atoms with van der Waals surface area (Å²) in [6.45, 7) is 0. The maximum atomic E-state index is 13.2. The summed E-state index contributed by atoms with van der Waals surface area (Å²) in [6.07, 6.45) is 0. The first-order chi connectivity index (χ1) is 6.04. The van der Waals surface area contributed by atoms with Gasteiger partial charge in [0.1, 0.15) is 0 Å². The summed E-state index contributed by atoms with van der Waals surface area (Å²) in [4.78, 5) is 21.4. The van der Waals surface area contributed by atoms with E-state index < -0.39 is 11.1 Å². The van der Waals surface area contributed by atoms with Gasteiger partial charge in [-0.15, -0.1) is 0 Å². The third-order valence-corrected chi connectivity index (χ3v) is 1.73. The van der Waals surface area contributed by atoms with Crippen molar-refractivity contribution in [1.82, 2.24) is 0 Å². The van der Waals surface area contributed by atoms with E-state index in [2.05, 4.69) is 0 Å². The average Bonchev–Trinajstić information content (AvgIpc) is 2.03. The fourth-order valence-electron chi connectivity index (χ4n) is 0.915. The van der Waals surface area contributed by atoms with Gasteiger partial charge in [0.2, 0.25) is 5.82 Å². The standard InChI is InChI=1S/C8H6ClFNO2/c1-11(13)6-4-2-3-5(7(6)10)8(9)12/h2-4H,1H3/q+1. The zero-order chi connectivity index (χ0) is 10.0. The highest BCUT2D eigenvalue weighted by atomic mass is 35.5. The Bertz CT molecular complexity index is 346. The van der Waals surface area contributed by atoms with Crippen LogP contribution in [0.15, 0.2) is 18.2 Å². The van der Waals surface area contributed by atoms with E-state index in [0.29, 0.717) is 4.76 Å². The molecule has 1 rings (SSSR count). The molecule has 0 aliphatic rings. The normalized spacial score (nSPS) is 9.77. The van der Waals surface area contributed by atoms with Crippen molar-refractivity contribution in [2.24, 2.45) is 0 Å². The first-order valence-electron chi connectivity index (χ1n) is 3.43. The number of nitrogens with zero attached hydrogens (tertiary/aromatic N) is 1. The van der Waals surface area contributed by atoms with E-state index in [4.69, 9.17) is 11.6 Å². The molecule has 1 aromatic rings. The van der Waals surface area contributed by atoms with Crippen molar-refractivity contribution in [3.63, 3.8) is 0 Å². The number of benzene rings is 1. The van der Waals surface area contributed by atoms with Crippen molar-refractivity contribution >= 4 is 22.5 Å². The predicted octanol–water partition coefficient (Wildman–Crippen LogP) is 2.24. The molecule has 0 fully saturated rings. The van der Waals surface area contributed by atoms with E-state index in [9.17, 15) is 14.1 Å². The number of halogens is 2. The van der Waals surface area contributed by atoms with Gasteiger partial charge in [0, 0.05) is 15.7 Å². The van der Waals surface area contributed by atoms with Gasteiger partial charge < -0.3 is 0 Å². The molecule has 0 saturated carbocycles. The van der Waals surface area contributed by atoms with E-state index in [-0.39, 0.29) is 11.3 Å². The van der Waals surface area contributed by atoms with E-state index in [0.717, 1.165) is 7.05 Å².